The van der Waals surface area contributed by atoms with Crippen molar-refractivity contribution in [2.45, 2.75) is 103 Å². The minimum atomic E-state index is 0.0367. The molecule has 1 fully saturated rings. The average Bonchev–Trinajstić information content (AvgIpc) is 2.39. The highest BCUT2D eigenvalue weighted by molar-refractivity contribution is 4.67. The summed E-state index contributed by atoms with van der Waals surface area (Å²) in [4.78, 5) is 0. The molecule has 1 rings (SSSR count). The number of ether oxygens (including phenoxy) is 2. The lowest BCUT2D eigenvalue weighted by Gasteiger charge is -2.30. The number of rotatable bonds is 9. The van der Waals surface area contributed by atoms with Crippen LogP contribution < -0.4 is 0 Å². The molecule has 2 unspecified atom stereocenters. The summed E-state index contributed by atoms with van der Waals surface area (Å²) in [6.07, 6.45) is 13.0. The van der Waals surface area contributed by atoms with Crippen molar-refractivity contribution >= 4 is 0 Å². The molecule has 2 nitrogen and oxygen atoms in total. The fraction of sp³-hybridized carbons (Fsp3) is 1.00. The normalized spacial score (nSPS) is 20.8. The summed E-state index contributed by atoms with van der Waals surface area (Å²) in [5.74, 6) is 0. The maximum absolute atomic E-state index is 6.19. The molecular weight excluding hydrogens is 224 g/mol. The molecule has 0 aromatic rings. The van der Waals surface area contributed by atoms with E-state index >= 15 is 0 Å². The molecule has 18 heavy (non-hydrogen) atoms. The molecule has 108 valence electrons. The summed E-state index contributed by atoms with van der Waals surface area (Å²) in [5, 5.41) is 0. The van der Waals surface area contributed by atoms with Gasteiger partial charge in [0, 0.05) is 0 Å². The van der Waals surface area contributed by atoms with Gasteiger partial charge in [-0.2, -0.15) is 0 Å². The van der Waals surface area contributed by atoms with Crippen molar-refractivity contribution in [3.63, 3.8) is 0 Å². The van der Waals surface area contributed by atoms with E-state index in [1.807, 2.05) is 0 Å². The van der Waals surface area contributed by atoms with Gasteiger partial charge in [-0.3, -0.25) is 0 Å². The van der Waals surface area contributed by atoms with Gasteiger partial charge in [-0.25, -0.2) is 0 Å². The molecule has 2 heteroatoms. The van der Waals surface area contributed by atoms with Crippen LogP contribution in [0.3, 0.4) is 0 Å². The Balaban J connectivity index is 2.36. The largest absolute Gasteiger partial charge is 0.349 e. The smallest absolute Gasteiger partial charge is 0.158 e. The Morgan fingerprint density at radius 1 is 0.944 bits per heavy atom. The van der Waals surface area contributed by atoms with Crippen molar-refractivity contribution in [3.8, 4) is 0 Å². The van der Waals surface area contributed by atoms with Crippen molar-refractivity contribution in [2.24, 2.45) is 0 Å². The van der Waals surface area contributed by atoms with Gasteiger partial charge in [0.25, 0.3) is 0 Å². The van der Waals surface area contributed by atoms with E-state index in [1.54, 1.807) is 0 Å². The molecule has 1 aliphatic rings. The molecular formula is C16H32O2. The second kappa shape index (κ2) is 9.80. The molecule has 0 radical (unpaired) electrons. The Morgan fingerprint density at radius 2 is 1.61 bits per heavy atom. The third-order valence-corrected chi connectivity index (χ3v) is 3.83. The highest BCUT2D eigenvalue weighted by Gasteiger charge is 2.21. The molecule has 0 heterocycles. The Labute approximate surface area is 113 Å². The zero-order valence-electron chi connectivity index (χ0n) is 12.6. The quantitative estimate of drug-likeness (QED) is 0.537. The van der Waals surface area contributed by atoms with Crippen molar-refractivity contribution in [3.05, 3.63) is 0 Å². The van der Waals surface area contributed by atoms with Gasteiger partial charge < -0.3 is 9.47 Å². The van der Waals surface area contributed by atoms with Gasteiger partial charge >= 0.3 is 0 Å². The minimum Gasteiger partial charge on any atom is -0.349 e. The van der Waals surface area contributed by atoms with Crippen molar-refractivity contribution in [1.82, 2.24) is 0 Å². The highest BCUT2D eigenvalue weighted by Crippen LogP contribution is 2.24. The van der Waals surface area contributed by atoms with E-state index in [-0.39, 0.29) is 6.29 Å². The molecule has 0 amide bonds. The molecule has 0 bridgehead atoms. The topological polar surface area (TPSA) is 18.5 Å². The maximum Gasteiger partial charge on any atom is 0.158 e. The highest BCUT2D eigenvalue weighted by atomic mass is 16.7. The fourth-order valence-electron chi connectivity index (χ4n) is 2.72. The summed E-state index contributed by atoms with van der Waals surface area (Å²) in [5.41, 5.74) is 0. The van der Waals surface area contributed by atoms with Crippen molar-refractivity contribution in [2.75, 3.05) is 0 Å². The summed E-state index contributed by atoms with van der Waals surface area (Å²) in [6.45, 7) is 6.65. The lowest BCUT2D eigenvalue weighted by Crippen LogP contribution is -2.30. The zero-order valence-corrected chi connectivity index (χ0v) is 12.6. The van der Waals surface area contributed by atoms with E-state index in [1.165, 1.54) is 38.5 Å². The molecule has 0 aromatic carbocycles. The predicted molar refractivity (Wildman–Crippen MR) is 76.7 cm³/mol. The van der Waals surface area contributed by atoms with E-state index in [2.05, 4.69) is 20.8 Å². The van der Waals surface area contributed by atoms with Crippen LogP contribution in [-0.2, 0) is 9.47 Å². The second-order valence-electron chi connectivity index (χ2n) is 5.57. The van der Waals surface area contributed by atoms with Crippen LogP contribution in [0.2, 0.25) is 0 Å². The van der Waals surface area contributed by atoms with Crippen LogP contribution in [0.5, 0.6) is 0 Å². The Bertz CT molecular complexity index is 181. The standard InChI is InChI=1S/C16H32O2/c1-4-10-14(6-3)17-16(11-5-2)18-15-12-8-7-9-13-15/h14-16H,4-13H2,1-3H3. The predicted octanol–water partition coefficient (Wildman–Crippen LogP) is 5.06. The lowest BCUT2D eigenvalue weighted by molar-refractivity contribution is -0.203. The van der Waals surface area contributed by atoms with Crippen molar-refractivity contribution < 1.29 is 9.47 Å². The third kappa shape index (κ3) is 6.19. The molecule has 0 spiro atoms. The summed E-state index contributed by atoms with van der Waals surface area (Å²) in [7, 11) is 0. The minimum absolute atomic E-state index is 0.0367. The van der Waals surface area contributed by atoms with Gasteiger partial charge in [-0.1, -0.05) is 52.9 Å². The van der Waals surface area contributed by atoms with Gasteiger partial charge in [0.05, 0.1) is 12.2 Å². The van der Waals surface area contributed by atoms with Gasteiger partial charge in [0.15, 0.2) is 6.29 Å². The van der Waals surface area contributed by atoms with Crippen LogP contribution >= 0.6 is 0 Å². The first-order valence-corrected chi connectivity index (χ1v) is 8.11. The molecule has 1 aliphatic carbocycles. The van der Waals surface area contributed by atoms with E-state index in [9.17, 15) is 0 Å². The van der Waals surface area contributed by atoms with Gasteiger partial charge in [-0.05, 0) is 32.1 Å². The number of hydrogen-bond acceptors (Lipinski definition) is 2. The van der Waals surface area contributed by atoms with Gasteiger partial charge in [0.2, 0.25) is 0 Å². The van der Waals surface area contributed by atoms with E-state index in [0.29, 0.717) is 12.2 Å². The molecule has 1 saturated carbocycles. The molecule has 0 N–H and O–H groups in total. The summed E-state index contributed by atoms with van der Waals surface area (Å²) >= 11 is 0. The van der Waals surface area contributed by atoms with Crippen molar-refractivity contribution in [1.29, 1.82) is 0 Å². The average molecular weight is 256 g/mol. The zero-order chi connectivity index (χ0) is 13.2. The first-order valence-electron chi connectivity index (χ1n) is 8.11. The SMILES string of the molecule is CCCC(CC)OC(CCC)OC1CCCCC1. The van der Waals surface area contributed by atoms with E-state index in [4.69, 9.17) is 9.47 Å². The molecule has 0 aromatic heterocycles. The Morgan fingerprint density at radius 3 is 2.17 bits per heavy atom. The van der Waals surface area contributed by atoms with Gasteiger partial charge in [0.1, 0.15) is 0 Å². The first kappa shape index (κ1) is 16.0. The van der Waals surface area contributed by atoms with Crippen LogP contribution in [0.25, 0.3) is 0 Å². The van der Waals surface area contributed by atoms with Crippen LogP contribution in [-0.4, -0.2) is 18.5 Å². The third-order valence-electron chi connectivity index (χ3n) is 3.83. The second-order valence-corrected chi connectivity index (χ2v) is 5.57. The van der Waals surface area contributed by atoms with E-state index in [0.717, 1.165) is 25.7 Å². The fourth-order valence-corrected chi connectivity index (χ4v) is 2.72. The van der Waals surface area contributed by atoms with E-state index < -0.39 is 0 Å². The van der Waals surface area contributed by atoms with Gasteiger partial charge in [-0.15, -0.1) is 0 Å². The maximum atomic E-state index is 6.19. The number of hydrogen-bond donors (Lipinski definition) is 0. The van der Waals surface area contributed by atoms with Crippen LogP contribution in [0, 0.1) is 0 Å². The lowest BCUT2D eigenvalue weighted by atomic mass is 9.98. The molecule has 2 atom stereocenters. The molecule has 0 saturated heterocycles. The summed E-state index contributed by atoms with van der Waals surface area (Å²) in [6, 6.07) is 0. The first-order chi connectivity index (χ1) is 8.80. The monoisotopic (exact) mass is 256 g/mol. The Hall–Kier alpha value is -0.0800. The van der Waals surface area contributed by atoms with Crippen LogP contribution in [0.1, 0.15) is 85.0 Å². The molecule has 0 aliphatic heterocycles. The summed E-state index contributed by atoms with van der Waals surface area (Å²) < 4.78 is 12.3. The van der Waals surface area contributed by atoms with Crippen LogP contribution in [0.15, 0.2) is 0 Å². The Kier molecular flexibility index (Phi) is 8.70. The van der Waals surface area contributed by atoms with Crippen LogP contribution in [0.4, 0.5) is 0 Å².